The smallest absolute Gasteiger partial charge is 0.254 e. The highest BCUT2D eigenvalue weighted by Crippen LogP contribution is 2.35. The van der Waals surface area contributed by atoms with Crippen LogP contribution < -0.4 is 10.6 Å². The van der Waals surface area contributed by atoms with Crippen LogP contribution in [0.25, 0.3) is 5.69 Å². The van der Waals surface area contributed by atoms with Gasteiger partial charge in [0.1, 0.15) is 5.01 Å². The molecule has 2 aromatic heterocycles. The number of carbonyl (C=O) groups excluding carboxylic acids is 2. The summed E-state index contributed by atoms with van der Waals surface area (Å²) in [4.78, 5) is 34.4. The van der Waals surface area contributed by atoms with Gasteiger partial charge in [-0.3, -0.25) is 9.59 Å². The minimum Gasteiger partial charge on any atom is -0.389 e. The number of aromatic nitrogens is 2. The summed E-state index contributed by atoms with van der Waals surface area (Å²) in [7, 11) is 0. The van der Waals surface area contributed by atoms with E-state index in [4.69, 9.17) is 0 Å². The van der Waals surface area contributed by atoms with Gasteiger partial charge in [-0.15, -0.1) is 11.3 Å². The second-order valence-corrected chi connectivity index (χ2v) is 12.2. The fraction of sp³-hybridized carbons (Fsp3) is 0.364. The molecule has 2 aromatic carbocycles. The quantitative estimate of drug-likeness (QED) is 0.266. The Morgan fingerprint density at radius 2 is 1.86 bits per heavy atom. The Kier molecular flexibility index (Phi) is 8.51. The van der Waals surface area contributed by atoms with E-state index >= 15 is 0 Å². The molecule has 2 amide bonds. The van der Waals surface area contributed by atoms with E-state index in [0.29, 0.717) is 24.1 Å². The molecule has 0 bridgehead atoms. The zero-order valence-corrected chi connectivity index (χ0v) is 24.6. The molecule has 218 valence electrons. The number of likely N-dealkylation sites (tertiary alicyclic amines) is 1. The average Bonchev–Trinajstić information content (AvgIpc) is 3.84. The number of rotatable bonds is 9. The van der Waals surface area contributed by atoms with Crippen molar-refractivity contribution in [3.05, 3.63) is 106 Å². The van der Waals surface area contributed by atoms with Gasteiger partial charge in [0.15, 0.2) is 0 Å². The summed E-state index contributed by atoms with van der Waals surface area (Å²) in [5, 5.41) is 20.8. The predicted octanol–water partition coefficient (Wildman–Crippen LogP) is 4.67. The number of hydrogen-bond donors (Lipinski definition) is 3. The minimum absolute atomic E-state index is 0.0620. The first kappa shape index (κ1) is 28.3. The van der Waals surface area contributed by atoms with Crippen LogP contribution in [0.2, 0.25) is 0 Å². The van der Waals surface area contributed by atoms with Crippen LogP contribution in [0.5, 0.6) is 0 Å². The van der Waals surface area contributed by atoms with Crippen molar-refractivity contribution in [2.24, 2.45) is 0 Å². The molecule has 2 aliphatic heterocycles. The summed E-state index contributed by atoms with van der Waals surface area (Å²) < 4.78 is 1.90. The third-order valence-electron chi connectivity index (χ3n) is 8.30. The molecular formula is C33H37N5O3S. The Morgan fingerprint density at radius 3 is 2.57 bits per heavy atom. The molecule has 4 heterocycles. The maximum Gasteiger partial charge on any atom is 0.254 e. The number of aliphatic hydroxyl groups is 1. The van der Waals surface area contributed by atoms with Crippen LogP contribution in [-0.2, 0) is 6.42 Å². The van der Waals surface area contributed by atoms with Crippen molar-refractivity contribution >= 4 is 23.2 Å². The minimum atomic E-state index is -0.752. The topological polar surface area (TPSA) is 99.5 Å². The van der Waals surface area contributed by atoms with Gasteiger partial charge >= 0.3 is 0 Å². The van der Waals surface area contributed by atoms with E-state index in [1.165, 1.54) is 0 Å². The molecule has 0 saturated carbocycles. The number of thiazole rings is 1. The molecule has 8 nitrogen and oxygen atoms in total. The number of aliphatic hydroxyl groups excluding tert-OH is 1. The van der Waals surface area contributed by atoms with Crippen molar-refractivity contribution in [3.8, 4) is 5.69 Å². The lowest BCUT2D eigenvalue weighted by Crippen LogP contribution is -2.52. The van der Waals surface area contributed by atoms with E-state index in [9.17, 15) is 14.7 Å². The molecule has 0 aliphatic carbocycles. The molecule has 42 heavy (non-hydrogen) atoms. The van der Waals surface area contributed by atoms with E-state index in [-0.39, 0.29) is 23.9 Å². The average molecular weight is 584 g/mol. The Morgan fingerprint density at radius 1 is 1.07 bits per heavy atom. The molecule has 2 fully saturated rings. The molecule has 9 heteroatoms. The highest BCUT2D eigenvalue weighted by atomic mass is 32.1. The largest absolute Gasteiger partial charge is 0.389 e. The van der Waals surface area contributed by atoms with Crippen LogP contribution in [0.4, 0.5) is 0 Å². The van der Waals surface area contributed by atoms with Crippen molar-refractivity contribution in [2.75, 3.05) is 13.1 Å². The highest BCUT2D eigenvalue weighted by molar-refractivity contribution is 7.09. The Balaban J connectivity index is 1.30. The molecule has 4 atom stereocenters. The Bertz CT molecular complexity index is 1510. The van der Waals surface area contributed by atoms with E-state index in [0.717, 1.165) is 54.2 Å². The van der Waals surface area contributed by atoms with Crippen molar-refractivity contribution in [3.63, 3.8) is 0 Å². The zero-order chi connectivity index (χ0) is 29.1. The summed E-state index contributed by atoms with van der Waals surface area (Å²) in [6.45, 7) is 3.48. The second-order valence-electron chi connectivity index (χ2n) is 11.3. The number of amides is 2. The zero-order valence-electron chi connectivity index (χ0n) is 23.8. The van der Waals surface area contributed by atoms with E-state index in [1.54, 1.807) is 23.5 Å². The first-order chi connectivity index (χ1) is 20.5. The van der Waals surface area contributed by atoms with Gasteiger partial charge in [-0.1, -0.05) is 30.3 Å². The van der Waals surface area contributed by atoms with Gasteiger partial charge < -0.3 is 25.2 Å². The molecule has 0 radical (unpaired) electrons. The number of aryl methyl sites for hydroxylation is 1. The molecule has 3 N–H and O–H groups in total. The first-order valence-corrected chi connectivity index (χ1v) is 15.6. The number of hydrogen-bond acceptors (Lipinski definition) is 6. The standard InChI is InChI=1S/C33H37N5O3S/c1-22-21-42-32(35-22)29-12-8-16-38(29)33(41)25-18-24(19-26(20-25)37-14-5-6-15-37)31(40)36-28(17-23-9-3-2-4-10-23)30(39)27-11-7-13-34-27/h2-6,9-10,14-15,18-21,27-30,34,39H,7-8,11-13,16-17H2,1H3,(H,36,40)/t27-,28+,29+,30+/m0/s1. The van der Waals surface area contributed by atoms with Crippen LogP contribution >= 0.6 is 11.3 Å². The van der Waals surface area contributed by atoms with E-state index in [1.807, 2.05) is 82.7 Å². The Hall–Kier alpha value is -3.79. The number of carbonyl (C=O) groups is 2. The van der Waals surface area contributed by atoms with Crippen LogP contribution in [0.1, 0.15) is 68.7 Å². The van der Waals surface area contributed by atoms with E-state index in [2.05, 4.69) is 15.6 Å². The molecule has 2 aliphatic rings. The molecule has 0 unspecified atom stereocenters. The summed E-state index contributed by atoms with van der Waals surface area (Å²) in [5.41, 5.74) is 3.57. The highest BCUT2D eigenvalue weighted by Gasteiger charge is 2.34. The summed E-state index contributed by atoms with van der Waals surface area (Å²) >= 11 is 1.59. The van der Waals surface area contributed by atoms with Crippen molar-refractivity contribution in [2.45, 2.75) is 63.3 Å². The SMILES string of the molecule is Cc1csc([C@H]2CCCN2C(=O)c2cc(C(=O)N[C@H](Cc3ccccc3)[C@H](O)[C@@H]3CCCN3)cc(-n3cccc3)c2)n1. The summed E-state index contributed by atoms with van der Waals surface area (Å²) in [6, 6.07) is 18.4. The van der Waals surface area contributed by atoms with Gasteiger partial charge in [-0.2, -0.15) is 0 Å². The number of nitrogens with zero attached hydrogens (tertiary/aromatic N) is 3. The van der Waals surface area contributed by atoms with Gasteiger partial charge in [0.25, 0.3) is 11.8 Å². The molecule has 6 rings (SSSR count). The predicted molar refractivity (Wildman–Crippen MR) is 164 cm³/mol. The normalized spacial score (nSPS) is 20.0. The van der Waals surface area contributed by atoms with Gasteiger partial charge in [0.2, 0.25) is 0 Å². The lowest BCUT2D eigenvalue weighted by Gasteiger charge is -2.29. The third kappa shape index (κ3) is 6.18. The summed E-state index contributed by atoms with van der Waals surface area (Å²) in [5.74, 6) is -0.422. The van der Waals surface area contributed by atoms with Crippen LogP contribution in [0.15, 0.2) is 78.4 Å². The Labute approximate surface area is 250 Å². The van der Waals surface area contributed by atoms with Gasteiger partial charge in [-0.25, -0.2) is 4.98 Å². The molecule has 4 aromatic rings. The van der Waals surface area contributed by atoms with Crippen LogP contribution in [0, 0.1) is 6.92 Å². The molecule has 0 spiro atoms. The molecule has 2 saturated heterocycles. The van der Waals surface area contributed by atoms with Gasteiger partial charge in [0.05, 0.1) is 18.2 Å². The number of benzene rings is 2. The molecular weight excluding hydrogens is 546 g/mol. The summed E-state index contributed by atoms with van der Waals surface area (Å²) in [6.07, 6.45) is 7.18. The second kappa shape index (κ2) is 12.6. The van der Waals surface area contributed by atoms with Crippen molar-refractivity contribution in [1.82, 2.24) is 25.1 Å². The maximum absolute atomic E-state index is 14.0. The van der Waals surface area contributed by atoms with Crippen LogP contribution in [0.3, 0.4) is 0 Å². The fourth-order valence-corrected chi connectivity index (χ4v) is 7.08. The third-order valence-corrected chi connectivity index (χ3v) is 9.37. The lowest BCUT2D eigenvalue weighted by atomic mass is 9.95. The van der Waals surface area contributed by atoms with Gasteiger partial charge in [0, 0.05) is 52.9 Å². The fourth-order valence-electron chi connectivity index (χ4n) is 6.14. The van der Waals surface area contributed by atoms with E-state index < -0.39 is 12.1 Å². The maximum atomic E-state index is 14.0. The van der Waals surface area contributed by atoms with Gasteiger partial charge in [-0.05, 0) is 81.5 Å². The van der Waals surface area contributed by atoms with Crippen molar-refractivity contribution in [1.29, 1.82) is 0 Å². The monoisotopic (exact) mass is 583 g/mol. The lowest BCUT2D eigenvalue weighted by molar-refractivity contribution is 0.0733. The van der Waals surface area contributed by atoms with Crippen molar-refractivity contribution < 1.29 is 14.7 Å². The van der Waals surface area contributed by atoms with Crippen LogP contribution in [-0.4, -0.2) is 62.6 Å². The first-order valence-electron chi connectivity index (χ1n) is 14.7. The number of nitrogens with one attached hydrogen (secondary N) is 2.